The van der Waals surface area contributed by atoms with Gasteiger partial charge in [0.15, 0.2) is 9.84 Å². The van der Waals surface area contributed by atoms with Crippen LogP contribution in [-0.2, 0) is 19.9 Å². The standard InChI is InChI=1S/C23H21ClFNO5S2/c24-22-3-1-2-4-23(22)31-18-7-11-21(12-8-18)33(29,30)26-15-13-20(14-16-26)32(27,28)19-9-5-17(25)6-10-19/h1-12,20H,13-16H2. The molecule has 4 rings (SSSR count). The maximum absolute atomic E-state index is 13.1. The maximum Gasteiger partial charge on any atom is 0.243 e. The fraction of sp³-hybridized carbons (Fsp3) is 0.217. The van der Waals surface area contributed by atoms with Crippen molar-refractivity contribution >= 4 is 31.5 Å². The Morgan fingerprint density at radius 2 is 1.39 bits per heavy atom. The van der Waals surface area contributed by atoms with Gasteiger partial charge in [-0.25, -0.2) is 21.2 Å². The average molecular weight is 510 g/mol. The van der Waals surface area contributed by atoms with Crippen LogP contribution in [-0.4, -0.2) is 39.5 Å². The molecule has 3 aromatic rings. The highest BCUT2D eigenvalue weighted by molar-refractivity contribution is 7.92. The van der Waals surface area contributed by atoms with Gasteiger partial charge in [0.05, 0.1) is 20.1 Å². The normalized spacial score (nSPS) is 15.9. The van der Waals surface area contributed by atoms with Crippen LogP contribution in [0.25, 0.3) is 0 Å². The van der Waals surface area contributed by atoms with E-state index in [1.807, 2.05) is 0 Å². The molecule has 0 unspecified atom stereocenters. The van der Waals surface area contributed by atoms with Gasteiger partial charge in [0.2, 0.25) is 10.0 Å². The molecular formula is C23H21ClFNO5S2. The lowest BCUT2D eigenvalue weighted by Crippen LogP contribution is -2.42. The summed E-state index contributed by atoms with van der Waals surface area (Å²) in [6.45, 7) is 0.149. The highest BCUT2D eigenvalue weighted by atomic mass is 35.5. The first-order valence-electron chi connectivity index (χ1n) is 10.2. The molecule has 0 amide bonds. The number of sulfonamides is 1. The zero-order valence-electron chi connectivity index (χ0n) is 17.4. The molecule has 1 aliphatic heterocycles. The van der Waals surface area contributed by atoms with Gasteiger partial charge in [-0.3, -0.25) is 0 Å². The first kappa shape index (κ1) is 23.7. The molecule has 0 aliphatic carbocycles. The first-order chi connectivity index (χ1) is 15.7. The molecule has 0 bridgehead atoms. The SMILES string of the molecule is O=S(=O)(c1ccc(F)cc1)C1CCN(S(=O)(=O)c2ccc(Oc3ccccc3Cl)cc2)CC1. The summed E-state index contributed by atoms with van der Waals surface area (Å²) in [5, 5.41) is -0.284. The van der Waals surface area contributed by atoms with Crippen LogP contribution in [0.2, 0.25) is 5.02 Å². The summed E-state index contributed by atoms with van der Waals surface area (Å²) in [6, 6.07) is 17.6. The van der Waals surface area contributed by atoms with Crippen LogP contribution >= 0.6 is 11.6 Å². The minimum absolute atomic E-state index is 0.0410. The molecule has 1 aliphatic rings. The van der Waals surface area contributed by atoms with Crippen LogP contribution in [0, 0.1) is 5.82 Å². The van der Waals surface area contributed by atoms with Crippen LogP contribution in [0.5, 0.6) is 11.5 Å². The Morgan fingerprint density at radius 1 is 0.818 bits per heavy atom. The number of benzene rings is 3. The minimum atomic E-state index is -3.79. The lowest BCUT2D eigenvalue weighted by Gasteiger charge is -2.31. The van der Waals surface area contributed by atoms with Crippen molar-refractivity contribution in [1.29, 1.82) is 0 Å². The van der Waals surface area contributed by atoms with Crippen molar-refractivity contribution in [2.24, 2.45) is 0 Å². The Labute approximate surface area is 197 Å². The van der Waals surface area contributed by atoms with Crippen molar-refractivity contribution < 1.29 is 26.0 Å². The quantitative estimate of drug-likeness (QED) is 0.441. The monoisotopic (exact) mass is 509 g/mol. The van der Waals surface area contributed by atoms with Crippen LogP contribution in [0.3, 0.4) is 0 Å². The van der Waals surface area contributed by atoms with E-state index in [0.717, 1.165) is 12.1 Å². The third kappa shape index (κ3) is 5.06. The summed E-state index contributed by atoms with van der Waals surface area (Å²) in [4.78, 5) is 0.133. The maximum atomic E-state index is 13.1. The molecular weight excluding hydrogens is 489 g/mol. The van der Waals surface area contributed by atoms with E-state index in [9.17, 15) is 21.2 Å². The molecule has 0 aromatic heterocycles. The molecule has 10 heteroatoms. The number of ether oxygens (including phenoxy) is 1. The van der Waals surface area contributed by atoms with E-state index in [-0.39, 0.29) is 35.7 Å². The van der Waals surface area contributed by atoms with E-state index in [0.29, 0.717) is 16.5 Å². The van der Waals surface area contributed by atoms with Gasteiger partial charge in [0.25, 0.3) is 0 Å². The van der Waals surface area contributed by atoms with Gasteiger partial charge in [-0.2, -0.15) is 4.31 Å². The third-order valence-corrected chi connectivity index (χ3v) is 10.0. The third-order valence-electron chi connectivity index (χ3n) is 5.51. The summed E-state index contributed by atoms with van der Waals surface area (Å²) >= 11 is 6.08. The molecule has 174 valence electrons. The van der Waals surface area contributed by atoms with E-state index in [2.05, 4.69) is 0 Å². The van der Waals surface area contributed by atoms with Gasteiger partial charge in [-0.15, -0.1) is 0 Å². The van der Waals surface area contributed by atoms with Crippen molar-refractivity contribution in [3.05, 3.63) is 83.6 Å². The summed E-state index contributed by atoms with van der Waals surface area (Å²) in [5.74, 6) is 0.378. The number of nitrogens with zero attached hydrogens (tertiary/aromatic N) is 1. The number of piperidine rings is 1. The minimum Gasteiger partial charge on any atom is -0.456 e. The van der Waals surface area contributed by atoms with Crippen molar-refractivity contribution in [3.8, 4) is 11.5 Å². The van der Waals surface area contributed by atoms with Crippen molar-refractivity contribution in [2.45, 2.75) is 27.9 Å². The molecule has 0 saturated carbocycles. The summed E-state index contributed by atoms with van der Waals surface area (Å²) in [5.41, 5.74) is 0. The Kier molecular flexibility index (Phi) is 6.76. The molecule has 0 N–H and O–H groups in total. The fourth-order valence-electron chi connectivity index (χ4n) is 3.68. The number of hydrogen-bond acceptors (Lipinski definition) is 5. The predicted octanol–water partition coefficient (Wildman–Crippen LogP) is 4.90. The largest absolute Gasteiger partial charge is 0.456 e. The van der Waals surface area contributed by atoms with E-state index < -0.39 is 30.9 Å². The van der Waals surface area contributed by atoms with Crippen LogP contribution in [0.4, 0.5) is 4.39 Å². The van der Waals surface area contributed by atoms with Gasteiger partial charge in [-0.1, -0.05) is 23.7 Å². The Balaban J connectivity index is 1.43. The number of rotatable bonds is 6. The van der Waals surface area contributed by atoms with Gasteiger partial charge >= 0.3 is 0 Å². The molecule has 0 atom stereocenters. The number of para-hydroxylation sites is 1. The van der Waals surface area contributed by atoms with E-state index >= 15 is 0 Å². The van der Waals surface area contributed by atoms with Crippen molar-refractivity contribution in [3.63, 3.8) is 0 Å². The van der Waals surface area contributed by atoms with Crippen LogP contribution in [0.15, 0.2) is 82.6 Å². The van der Waals surface area contributed by atoms with Crippen molar-refractivity contribution in [2.75, 3.05) is 13.1 Å². The Bertz CT molecular complexity index is 1340. The van der Waals surface area contributed by atoms with Crippen LogP contribution < -0.4 is 4.74 Å². The predicted molar refractivity (Wildman–Crippen MR) is 123 cm³/mol. The highest BCUT2D eigenvalue weighted by Crippen LogP contribution is 2.31. The Morgan fingerprint density at radius 3 is 2.00 bits per heavy atom. The van der Waals surface area contributed by atoms with Crippen LogP contribution in [0.1, 0.15) is 12.8 Å². The second-order valence-corrected chi connectivity index (χ2v) is 12.2. The summed E-state index contributed by atoms with van der Waals surface area (Å²) < 4.78 is 71.8. The lowest BCUT2D eigenvalue weighted by atomic mass is 10.2. The molecule has 33 heavy (non-hydrogen) atoms. The molecule has 0 radical (unpaired) electrons. The molecule has 1 fully saturated rings. The Hall–Kier alpha value is -2.46. The highest BCUT2D eigenvalue weighted by Gasteiger charge is 2.35. The number of sulfone groups is 1. The van der Waals surface area contributed by atoms with Gasteiger partial charge in [0, 0.05) is 13.1 Å². The molecule has 0 spiro atoms. The molecule has 3 aromatic carbocycles. The fourth-order valence-corrected chi connectivity index (χ4v) is 7.06. The number of halogens is 2. The summed E-state index contributed by atoms with van der Waals surface area (Å²) in [6.07, 6.45) is 0.319. The van der Waals surface area contributed by atoms with Gasteiger partial charge < -0.3 is 4.74 Å². The zero-order chi connectivity index (χ0) is 23.6. The average Bonchev–Trinajstić information content (AvgIpc) is 2.81. The van der Waals surface area contributed by atoms with Gasteiger partial charge in [-0.05, 0) is 73.5 Å². The van der Waals surface area contributed by atoms with E-state index in [1.54, 1.807) is 36.4 Å². The molecule has 1 heterocycles. The lowest BCUT2D eigenvalue weighted by molar-refractivity contribution is 0.345. The van der Waals surface area contributed by atoms with E-state index in [4.69, 9.17) is 16.3 Å². The molecule has 1 saturated heterocycles. The topological polar surface area (TPSA) is 80.8 Å². The second kappa shape index (κ2) is 9.42. The summed E-state index contributed by atoms with van der Waals surface area (Å²) in [7, 11) is -7.46. The van der Waals surface area contributed by atoms with Crippen molar-refractivity contribution in [1.82, 2.24) is 4.31 Å². The molecule has 6 nitrogen and oxygen atoms in total. The van der Waals surface area contributed by atoms with E-state index in [1.165, 1.54) is 28.6 Å². The van der Waals surface area contributed by atoms with Gasteiger partial charge in [0.1, 0.15) is 17.3 Å². The zero-order valence-corrected chi connectivity index (χ0v) is 19.8. The first-order valence-corrected chi connectivity index (χ1v) is 13.6. The number of hydrogen-bond donors (Lipinski definition) is 0. The smallest absolute Gasteiger partial charge is 0.243 e. The second-order valence-electron chi connectivity index (χ2n) is 7.61.